The summed E-state index contributed by atoms with van der Waals surface area (Å²) in [5.41, 5.74) is 2.63. The number of benzene rings is 2. The monoisotopic (exact) mass is 311 g/mol. The first kappa shape index (κ1) is 17.1. The number of amides is 1. The van der Waals surface area contributed by atoms with Gasteiger partial charge in [-0.3, -0.25) is 4.79 Å². The van der Waals surface area contributed by atoms with Gasteiger partial charge in [0.1, 0.15) is 5.75 Å². The van der Waals surface area contributed by atoms with Crippen LogP contribution in [-0.4, -0.2) is 12.5 Å². The van der Waals surface area contributed by atoms with Gasteiger partial charge in [-0.05, 0) is 41.7 Å². The highest BCUT2D eigenvalue weighted by Gasteiger charge is 2.15. The molecule has 0 atom stereocenters. The molecule has 1 amide bonds. The van der Waals surface area contributed by atoms with Gasteiger partial charge in [-0.15, -0.1) is 0 Å². The molecule has 0 bridgehead atoms. The number of hydrogen-bond acceptors (Lipinski definition) is 2. The number of hydrogen-bond donors (Lipinski definition) is 1. The number of nitrogens with one attached hydrogen (secondary N) is 1. The van der Waals surface area contributed by atoms with E-state index in [9.17, 15) is 4.79 Å². The first-order valence-corrected chi connectivity index (χ1v) is 8.05. The summed E-state index contributed by atoms with van der Waals surface area (Å²) in [5, 5.41) is 2.93. The fourth-order valence-corrected chi connectivity index (χ4v) is 2.22. The van der Waals surface area contributed by atoms with Crippen molar-refractivity contribution in [2.75, 3.05) is 11.9 Å². The molecular weight excluding hydrogens is 286 g/mol. The van der Waals surface area contributed by atoms with Crippen LogP contribution in [0.25, 0.3) is 0 Å². The van der Waals surface area contributed by atoms with E-state index >= 15 is 0 Å². The minimum atomic E-state index is -0.127. The summed E-state index contributed by atoms with van der Waals surface area (Å²) in [4.78, 5) is 12.4. The third kappa shape index (κ3) is 4.59. The maximum absolute atomic E-state index is 12.4. The van der Waals surface area contributed by atoms with Crippen molar-refractivity contribution in [1.29, 1.82) is 0 Å². The van der Waals surface area contributed by atoms with E-state index in [4.69, 9.17) is 4.74 Å². The highest BCUT2D eigenvalue weighted by molar-refractivity contribution is 6.05. The van der Waals surface area contributed by atoms with Crippen molar-refractivity contribution in [3.63, 3.8) is 0 Å². The summed E-state index contributed by atoms with van der Waals surface area (Å²) < 4.78 is 5.67. The molecule has 0 aromatic heterocycles. The van der Waals surface area contributed by atoms with Gasteiger partial charge in [-0.1, -0.05) is 52.0 Å². The first-order chi connectivity index (χ1) is 10.9. The average Bonchev–Trinajstić information content (AvgIpc) is 2.53. The molecule has 2 aromatic rings. The Labute approximate surface area is 138 Å². The first-order valence-electron chi connectivity index (χ1n) is 8.05. The van der Waals surface area contributed by atoms with Gasteiger partial charge in [-0.25, -0.2) is 0 Å². The minimum absolute atomic E-state index is 0.0790. The predicted molar refractivity (Wildman–Crippen MR) is 95.3 cm³/mol. The quantitative estimate of drug-likeness (QED) is 0.841. The Bertz CT molecular complexity index is 654. The van der Waals surface area contributed by atoms with Gasteiger partial charge in [0.2, 0.25) is 0 Å². The largest absolute Gasteiger partial charge is 0.491 e. The number of carbonyl (C=O) groups excluding carboxylic acids is 1. The molecule has 0 radical (unpaired) electrons. The van der Waals surface area contributed by atoms with Crippen LogP contribution in [0.3, 0.4) is 0 Å². The summed E-state index contributed by atoms with van der Waals surface area (Å²) >= 11 is 0. The third-order valence-electron chi connectivity index (χ3n) is 3.61. The van der Waals surface area contributed by atoms with E-state index in [2.05, 4.69) is 33.0 Å². The third-order valence-corrected chi connectivity index (χ3v) is 3.61. The SMILES string of the molecule is CCCOc1ccccc1NC(=O)c1ccc(C(C)(C)C)cc1. The molecule has 2 rings (SSSR count). The van der Waals surface area contributed by atoms with E-state index in [0.717, 1.165) is 6.42 Å². The molecule has 0 saturated carbocycles. The van der Waals surface area contributed by atoms with E-state index in [1.54, 1.807) is 0 Å². The Hall–Kier alpha value is -2.29. The Morgan fingerprint density at radius 1 is 1.04 bits per heavy atom. The van der Waals surface area contributed by atoms with Crippen LogP contribution in [0.15, 0.2) is 48.5 Å². The molecule has 2 aromatic carbocycles. The summed E-state index contributed by atoms with van der Waals surface area (Å²) in [6, 6.07) is 15.3. The van der Waals surface area contributed by atoms with E-state index in [0.29, 0.717) is 23.6 Å². The molecule has 0 fully saturated rings. The van der Waals surface area contributed by atoms with Crippen LogP contribution >= 0.6 is 0 Å². The van der Waals surface area contributed by atoms with Gasteiger partial charge in [0.15, 0.2) is 0 Å². The van der Waals surface area contributed by atoms with E-state index in [1.165, 1.54) is 5.56 Å². The van der Waals surface area contributed by atoms with Crippen LogP contribution in [0.1, 0.15) is 50.0 Å². The fourth-order valence-electron chi connectivity index (χ4n) is 2.22. The molecule has 0 spiro atoms. The molecule has 0 aliphatic heterocycles. The Morgan fingerprint density at radius 3 is 2.30 bits per heavy atom. The van der Waals surface area contributed by atoms with E-state index in [-0.39, 0.29) is 11.3 Å². The van der Waals surface area contributed by atoms with Crippen molar-refractivity contribution in [3.05, 3.63) is 59.7 Å². The molecule has 122 valence electrons. The van der Waals surface area contributed by atoms with Crippen molar-refractivity contribution in [1.82, 2.24) is 0 Å². The van der Waals surface area contributed by atoms with Crippen LogP contribution < -0.4 is 10.1 Å². The highest BCUT2D eigenvalue weighted by atomic mass is 16.5. The van der Waals surface area contributed by atoms with E-state index in [1.807, 2.05) is 48.5 Å². The van der Waals surface area contributed by atoms with Gasteiger partial charge < -0.3 is 10.1 Å². The molecule has 0 heterocycles. The number of ether oxygens (including phenoxy) is 1. The standard InChI is InChI=1S/C20H25NO2/c1-5-14-23-18-9-7-6-8-17(18)21-19(22)15-10-12-16(13-11-15)20(2,3)4/h6-13H,5,14H2,1-4H3,(H,21,22). The van der Waals surface area contributed by atoms with Crippen LogP contribution in [0, 0.1) is 0 Å². The zero-order chi connectivity index (χ0) is 16.9. The zero-order valence-electron chi connectivity index (χ0n) is 14.3. The van der Waals surface area contributed by atoms with Crippen molar-refractivity contribution < 1.29 is 9.53 Å². The summed E-state index contributed by atoms with van der Waals surface area (Å²) in [6.07, 6.45) is 0.927. The van der Waals surface area contributed by atoms with Gasteiger partial charge in [0.25, 0.3) is 5.91 Å². The molecule has 23 heavy (non-hydrogen) atoms. The summed E-state index contributed by atoms with van der Waals surface area (Å²) in [5.74, 6) is 0.576. The molecule has 0 aliphatic carbocycles. The predicted octanol–water partition coefficient (Wildman–Crippen LogP) is 5.03. The molecule has 0 unspecified atom stereocenters. The second kappa shape index (κ2) is 7.32. The summed E-state index contributed by atoms with van der Waals surface area (Å²) in [7, 11) is 0. The minimum Gasteiger partial charge on any atom is -0.491 e. The smallest absolute Gasteiger partial charge is 0.255 e. The molecule has 0 saturated heterocycles. The second-order valence-electron chi connectivity index (χ2n) is 6.63. The molecule has 3 nitrogen and oxygen atoms in total. The van der Waals surface area contributed by atoms with Crippen LogP contribution in [0.5, 0.6) is 5.75 Å². The second-order valence-corrected chi connectivity index (χ2v) is 6.63. The van der Waals surface area contributed by atoms with Crippen molar-refractivity contribution in [2.45, 2.75) is 39.5 Å². The molecule has 1 N–H and O–H groups in total. The summed E-state index contributed by atoms with van der Waals surface area (Å²) in [6.45, 7) is 9.15. The normalized spacial score (nSPS) is 11.1. The number of carbonyl (C=O) groups is 1. The van der Waals surface area contributed by atoms with Gasteiger partial charge >= 0.3 is 0 Å². The lowest BCUT2D eigenvalue weighted by molar-refractivity contribution is 0.102. The molecule has 0 aliphatic rings. The fraction of sp³-hybridized carbons (Fsp3) is 0.350. The number of para-hydroxylation sites is 2. The number of anilines is 1. The van der Waals surface area contributed by atoms with Crippen LogP contribution in [0.4, 0.5) is 5.69 Å². The van der Waals surface area contributed by atoms with Crippen molar-refractivity contribution in [2.24, 2.45) is 0 Å². The molecule has 3 heteroatoms. The van der Waals surface area contributed by atoms with Crippen molar-refractivity contribution in [3.8, 4) is 5.75 Å². The lowest BCUT2D eigenvalue weighted by Crippen LogP contribution is -2.15. The van der Waals surface area contributed by atoms with Crippen LogP contribution in [-0.2, 0) is 5.41 Å². The highest BCUT2D eigenvalue weighted by Crippen LogP contribution is 2.25. The maximum atomic E-state index is 12.4. The molecular formula is C20H25NO2. The van der Waals surface area contributed by atoms with Crippen molar-refractivity contribution >= 4 is 11.6 Å². The average molecular weight is 311 g/mol. The maximum Gasteiger partial charge on any atom is 0.255 e. The Balaban J connectivity index is 2.13. The van der Waals surface area contributed by atoms with E-state index < -0.39 is 0 Å². The zero-order valence-corrected chi connectivity index (χ0v) is 14.3. The lowest BCUT2D eigenvalue weighted by atomic mass is 9.87. The van der Waals surface area contributed by atoms with Gasteiger partial charge in [0, 0.05) is 5.56 Å². The number of rotatable bonds is 5. The van der Waals surface area contributed by atoms with Gasteiger partial charge in [-0.2, -0.15) is 0 Å². The lowest BCUT2D eigenvalue weighted by Gasteiger charge is -2.19. The Kier molecular flexibility index (Phi) is 5.43. The Morgan fingerprint density at radius 2 is 1.70 bits per heavy atom. The van der Waals surface area contributed by atoms with Crippen LogP contribution in [0.2, 0.25) is 0 Å². The topological polar surface area (TPSA) is 38.3 Å². The van der Waals surface area contributed by atoms with Gasteiger partial charge in [0.05, 0.1) is 12.3 Å².